The van der Waals surface area contributed by atoms with Gasteiger partial charge in [-0.1, -0.05) is 174 Å². The van der Waals surface area contributed by atoms with E-state index >= 15 is 0 Å². The van der Waals surface area contributed by atoms with Crippen molar-refractivity contribution >= 4 is 16.0 Å². The second kappa shape index (κ2) is 32.0. The lowest BCUT2D eigenvalue weighted by Gasteiger charge is -2.23. The molecule has 262 valence electrons. The van der Waals surface area contributed by atoms with Crippen LogP contribution < -0.4 is 5.32 Å². The van der Waals surface area contributed by atoms with Crippen LogP contribution >= 0.6 is 0 Å². The molecule has 0 aromatic heterocycles. The number of aliphatic hydroxyl groups excluding tert-OH is 1. The quantitative estimate of drug-likeness (QED) is 0.0368. The first kappa shape index (κ1) is 43.1. The third-order valence-corrected chi connectivity index (χ3v) is 9.50. The van der Waals surface area contributed by atoms with Crippen molar-refractivity contribution in [2.24, 2.45) is 0 Å². The molecule has 0 fully saturated rings. The molecule has 3 N–H and O–H groups in total. The van der Waals surface area contributed by atoms with Gasteiger partial charge in [-0.2, -0.15) is 8.42 Å². The number of aliphatic hydroxyl groups is 1. The van der Waals surface area contributed by atoms with Crippen molar-refractivity contribution in [3.63, 3.8) is 0 Å². The highest BCUT2D eigenvalue weighted by Gasteiger charge is 2.26. The van der Waals surface area contributed by atoms with Gasteiger partial charge in [-0.25, -0.2) is 0 Å². The first-order chi connectivity index (χ1) is 21.3. The van der Waals surface area contributed by atoms with E-state index in [2.05, 4.69) is 31.3 Å². The predicted octanol–water partition coefficient (Wildman–Crippen LogP) is 10.6. The van der Waals surface area contributed by atoms with E-state index in [0.717, 1.165) is 57.8 Å². The molecule has 7 heteroatoms. The molecule has 0 aliphatic carbocycles. The molecule has 0 rings (SSSR count). The van der Waals surface area contributed by atoms with Crippen LogP contribution in [0, 0.1) is 0 Å². The Morgan fingerprint density at radius 1 is 0.591 bits per heavy atom. The van der Waals surface area contributed by atoms with E-state index in [0.29, 0.717) is 12.8 Å². The van der Waals surface area contributed by atoms with Crippen LogP contribution in [-0.2, 0) is 14.9 Å². The van der Waals surface area contributed by atoms with E-state index < -0.39 is 28.0 Å². The zero-order valence-corrected chi connectivity index (χ0v) is 29.9. The molecule has 6 nitrogen and oxygen atoms in total. The SMILES string of the molecule is CCCC/C=C\CCCCCCCC(=O)NC(CS(=O)(=O)O)C(O)CCCCCCCCCCCCCCCCCCCC. The topological polar surface area (TPSA) is 104 Å². The number of nitrogens with one attached hydrogen (secondary N) is 1. The number of hydrogen-bond donors (Lipinski definition) is 3. The van der Waals surface area contributed by atoms with Gasteiger partial charge in [-0.15, -0.1) is 0 Å². The van der Waals surface area contributed by atoms with E-state index in [1.54, 1.807) is 0 Å². The number of rotatable bonds is 34. The summed E-state index contributed by atoms with van der Waals surface area (Å²) in [5.41, 5.74) is 0. The van der Waals surface area contributed by atoms with E-state index in [4.69, 9.17) is 0 Å². The van der Waals surface area contributed by atoms with Gasteiger partial charge >= 0.3 is 0 Å². The Morgan fingerprint density at radius 3 is 1.43 bits per heavy atom. The summed E-state index contributed by atoms with van der Waals surface area (Å²) in [6.07, 6.45) is 37.3. The van der Waals surface area contributed by atoms with Crippen LogP contribution in [0.3, 0.4) is 0 Å². The molecule has 2 atom stereocenters. The highest BCUT2D eigenvalue weighted by atomic mass is 32.2. The van der Waals surface area contributed by atoms with Gasteiger partial charge in [-0.3, -0.25) is 9.35 Å². The molecule has 0 aromatic carbocycles. The fourth-order valence-electron chi connectivity index (χ4n) is 5.85. The molecule has 0 aromatic rings. The molecule has 0 spiro atoms. The molecule has 0 heterocycles. The first-order valence-electron chi connectivity index (χ1n) is 18.9. The maximum atomic E-state index is 12.4. The number of hydrogen-bond acceptors (Lipinski definition) is 4. The molecular formula is C37H73NO5S. The molecule has 0 saturated heterocycles. The second-order valence-electron chi connectivity index (χ2n) is 13.2. The maximum absolute atomic E-state index is 12.4. The summed E-state index contributed by atoms with van der Waals surface area (Å²) in [4.78, 5) is 12.4. The van der Waals surface area contributed by atoms with Crippen molar-refractivity contribution in [3.05, 3.63) is 12.2 Å². The van der Waals surface area contributed by atoms with Crippen molar-refractivity contribution in [3.8, 4) is 0 Å². The Labute approximate surface area is 273 Å². The first-order valence-corrected chi connectivity index (χ1v) is 20.5. The van der Waals surface area contributed by atoms with E-state index in [1.807, 2.05) is 0 Å². The standard InChI is InChI=1S/C37H73NO5S/c1-3-5-7-9-11-13-15-16-17-18-19-20-21-23-24-26-28-30-32-36(39)35(34-44(41,42)43)38-37(40)33-31-29-27-25-22-14-12-10-8-6-4-2/h10,12,35-36,39H,3-9,11,13-34H2,1-2H3,(H,38,40)(H,41,42,43)/b12-10-. The zero-order valence-electron chi connectivity index (χ0n) is 29.1. The molecule has 0 aliphatic rings. The van der Waals surface area contributed by atoms with Gasteiger partial charge in [0.1, 0.15) is 0 Å². The molecule has 0 aliphatic heterocycles. The van der Waals surface area contributed by atoms with Gasteiger partial charge < -0.3 is 10.4 Å². The number of unbranched alkanes of at least 4 members (excludes halogenated alkanes) is 24. The van der Waals surface area contributed by atoms with Crippen LogP contribution in [0.25, 0.3) is 0 Å². The summed E-state index contributed by atoms with van der Waals surface area (Å²) >= 11 is 0. The Balaban J connectivity index is 3.86. The molecule has 0 saturated carbocycles. The fraction of sp³-hybridized carbons (Fsp3) is 0.919. The van der Waals surface area contributed by atoms with E-state index in [1.165, 1.54) is 116 Å². The summed E-state index contributed by atoms with van der Waals surface area (Å²) in [5.74, 6) is -0.903. The van der Waals surface area contributed by atoms with E-state index in [-0.39, 0.29) is 5.91 Å². The third kappa shape index (κ3) is 32.5. The van der Waals surface area contributed by atoms with Crippen molar-refractivity contribution in [1.29, 1.82) is 0 Å². The molecule has 44 heavy (non-hydrogen) atoms. The highest BCUT2D eigenvalue weighted by Crippen LogP contribution is 2.16. The molecule has 0 bridgehead atoms. The fourth-order valence-corrected chi connectivity index (χ4v) is 6.61. The van der Waals surface area contributed by atoms with Gasteiger partial charge in [0.25, 0.3) is 10.1 Å². The normalized spacial score (nSPS) is 13.5. The Bertz CT molecular complexity index is 755. The second-order valence-corrected chi connectivity index (χ2v) is 14.7. The van der Waals surface area contributed by atoms with Gasteiger partial charge in [0.2, 0.25) is 5.91 Å². The van der Waals surface area contributed by atoms with Crippen molar-refractivity contribution in [1.82, 2.24) is 5.32 Å². The van der Waals surface area contributed by atoms with Crippen molar-refractivity contribution in [2.75, 3.05) is 5.75 Å². The molecule has 0 radical (unpaired) electrons. The predicted molar refractivity (Wildman–Crippen MR) is 189 cm³/mol. The Kier molecular flexibility index (Phi) is 31.4. The van der Waals surface area contributed by atoms with Crippen molar-refractivity contribution in [2.45, 2.75) is 212 Å². The van der Waals surface area contributed by atoms with Crippen LogP contribution in [0.2, 0.25) is 0 Å². The summed E-state index contributed by atoms with van der Waals surface area (Å²) in [6, 6.07) is -0.970. The average molecular weight is 644 g/mol. The zero-order chi connectivity index (χ0) is 32.6. The minimum absolute atomic E-state index is 0.255. The maximum Gasteiger partial charge on any atom is 0.266 e. The monoisotopic (exact) mass is 644 g/mol. The molecule has 1 amide bonds. The molecular weight excluding hydrogens is 570 g/mol. The van der Waals surface area contributed by atoms with Gasteiger partial charge in [-0.05, 0) is 32.1 Å². The summed E-state index contributed by atoms with van der Waals surface area (Å²) in [5, 5.41) is 13.3. The Morgan fingerprint density at radius 2 is 0.977 bits per heavy atom. The smallest absolute Gasteiger partial charge is 0.266 e. The lowest BCUT2D eigenvalue weighted by molar-refractivity contribution is -0.122. The number of amides is 1. The van der Waals surface area contributed by atoms with Crippen LogP contribution in [-0.4, -0.2) is 41.9 Å². The molecule has 2 unspecified atom stereocenters. The van der Waals surface area contributed by atoms with Gasteiger partial charge in [0.05, 0.1) is 17.9 Å². The minimum atomic E-state index is -4.30. The van der Waals surface area contributed by atoms with Crippen LogP contribution in [0.15, 0.2) is 12.2 Å². The highest BCUT2D eigenvalue weighted by molar-refractivity contribution is 7.85. The van der Waals surface area contributed by atoms with Crippen molar-refractivity contribution < 1.29 is 22.9 Å². The average Bonchev–Trinajstić information content (AvgIpc) is 2.98. The number of carbonyl (C=O) groups excluding carboxylic acids is 1. The summed E-state index contributed by atoms with van der Waals surface area (Å²) in [7, 11) is -4.30. The van der Waals surface area contributed by atoms with Gasteiger partial charge in [0, 0.05) is 6.42 Å². The lowest BCUT2D eigenvalue weighted by Crippen LogP contribution is -2.47. The van der Waals surface area contributed by atoms with Gasteiger partial charge in [0.15, 0.2) is 0 Å². The summed E-state index contributed by atoms with van der Waals surface area (Å²) in [6.45, 7) is 4.47. The van der Waals surface area contributed by atoms with E-state index in [9.17, 15) is 22.9 Å². The minimum Gasteiger partial charge on any atom is -0.391 e. The number of allylic oxidation sites excluding steroid dienone is 2. The lowest BCUT2D eigenvalue weighted by atomic mass is 10.0. The number of carbonyl (C=O) groups is 1. The summed E-state index contributed by atoms with van der Waals surface area (Å²) < 4.78 is 32.4. The van der Waals surface area contributed by atoms with Crippen LogP contribution in [0.5, 0.6) is 0 Å². The largest absolute Gasteiger partial charge is 0.391 e. The van der Waals surface area contributed by atoms with Crippen LogP contribution in [0.4, 0.5) is 0 Å². The van der Waals surface area contributed by atoms with Crippen LogP contribution in [0.1, 0.15) is 200 Å². The third-order valence-electron chi connectivity index (χ3n) is 8.72. The Hall–Kier alpha value is -0.920.